The van der Waals surface area contributed by atoms with Crippen molar-refractivity contribution in [1.82, 2.24) is 0 Å². The van der Waals surface area contributed by atoms with Crippen LogP contribution in [0.3, 0.4) is 0 Å². The normalized spacial score (nSPS) is 11.2. The van der Waals surface area contributed by atoms with E-state index < -0.39 is 22.5 Å². The van der Waals surface area contributed by atoms with Crippen LogP contribution < -0.4 is 10.0 Å². The molecule has 0 amide bonds. The van der Waals surface area contributed by atoms with Gasteiger partial charge in [0.15, 0.2) is 0 Å². The number of methoxy groups -OCH3 is 1. The second kappa shape index (κ2) is 6.39. The number of nitrogen functional groups attached to an aromatic ring is 1. The molecule has 0 aliphatic heterocycles. The Morgan fingerprint density at radius 1 is 1.42 bits per heavy atom. The number of carbonyl (C=O) groups is 1. The maximum atomic E-state index is 12.1. The molecule has 7 nitrogen and oxygen atoms in total. The topological polar surface area (TPSA) is 110 Å². The highest BCUT2D eigenvalue weighted by molar-refractivity contribution is 7.92. The van der Waals surface area contributed by atoms with E-state index in [1.165, 1.54) is 19.2 Å². The first-order valence-electron chi connectivity index (χ1n) is 5.44. The molecule has 0 saturated carbocycles. The van der Waals surface area contributed by atoms with Gasteiger partial charge in [0.05, 0.1) is 23.7 Å². The molecule has 0 aromatic heterocycles. The van der Waals surface area contributed by atoms with E-state index in [0.717, 1.165) is 4.31 Å². The van der Waals surface area contributed by atoms with Crippen LogP contribution in [0.5, 0.6) is 0 Å². The number of para-hydroxylation sites is 2. The second-order valence-electron chi connectivity index (χ2n) is 3.77. The molecule has 0 aliphatic carbocycles. The van der Waals surface area contributed by atoms with E-state index in [4.69, 9.17) is 15.6 Å². The zero-order valence-electron chi connectivity index (χ0n) is 10.4. The van der Waals surface area contributed by atoms with E-state index in [1.807, 2.05) is 0 Å². The predicted octanol–water partition coefficient (Wildman–Crippen LogP) is 0.136. The van der Waals surface area contributed by atoms with Gasteiger partial charge in [0.1, 0.15) is 6.54 Å². The number of nitrogens with two attached hydrogens (primary N) is 1. The van der Waals surface area contributed by atoms with Crippen molar-refractivity contribution in [3.05, 3.63) is 24.3 Å². The van der Waals surface area contributed by atoms with E-state index in [2.05, 4.69) is 0 Å². The van der Waals surface area contributed by atoms with Gasteiger partial charge >= 0.3 is 5.97 Å². The summed E-state index contributed by atoms with van der Waals surface area (Å²) in [4.78, 5) is 10.8. The van der Waals surface area contributed by atoms with Crippen LogP contribution in [0.4, 0.5) is 11.4 Å². The summed E-state index contributed by atoms with van der Waals surface area (Å²) in [7, 11) is -2.44. The number of anilines is 2. The second-order valence-corrected chi connectivity index (χ2v) is 5.78. The fourth-order valence-electron chi connectivity index (χ4n) is 1.47. The average molecular weight is 288 g/mol. The minimum atomic E-state index is -3.81. The average Bonchev–Trinajstić information content (AvgIpc) is 2.34. The van der Waals surface area contributed by atoms with Crippen molar-refractivity contribution in [1.29, 1.82) is 0 Å². The fraction of sp³-hybridized carbons (Fsp3) is 0.364. The summed E-state index contributed by atoms with van der Waals surface area (Å²) in [5, 5.41) is 8.85. The van der Waals surface area contributed by atoms with Crippen molar-refractivity contribution < 1.29 is 23.1 Å². The Bertz CT molecular complexity index is 544. The molecule has 0 heterocycles. The molecular formula is C11H16N2O5S. The Morgan fingerprint density at radius 3 is 2.58 bits per heavy atom. The molecule has 19 heavy (non-hydrogen) atoms. The van der Waals surface area contributed by atoms with E-state index in [-0.39, 0.29) is 23.7 Å². The van der Waals surface area contributed by atoms with Gasteiger partial charge < -0.3 is 15.6 Å². The molecule has 0 unspecified atom stereocenters. The van der Waals surface area contributed by atoms with Gasteiger partial charge in [0, 0.05) is 7.11 Å². The van der Waals surface area contributed by atoms with Crippen LogP contribution in [0.25, 0.3) is 0 Å². The molecule has 0 aliphatic rings. The first-order chi connectivity index (χ1) is 8.88. The standard InChI is InChI=1S/C11H16N2O5S/c1-18-6-7-19(16,17)13(8-11(14)15)10-5-3-2-4-9(10)12/h2-5H,6-8,12H2,1H3,(H,14,15). The lowest BCUT2D eigenvalue weighted by Crippen LogP contribution is -2.38. The number of ether oxygens (including phenoxy) is 1. The Labute approximate surface area is 111 Å². The number of aliphatic carboxylic acids is 1. The Balaban J connectivity index is 3.15. The molecule has 8 heteroatoms. The van der Waals surface area contributed by atoms with Crippen molar-refractivity contribution in [2.24, 2.45) is 0 Å². The van der Waals surface area contributed by atoms with Gasteiger partial charge in [-0.3, -0.25) is 9.10 Å². The molecule has 1 aromatic rings. The number of hydrogen-bond donors (Lipinski definition) is 2. The number of hydrogen-bond acceptors (Lipinski definition) is 5. The smallest absolute Gasteiger partial charge is 0.324 e. The van der Waals surface area contributed by atoms with Crippen molar-refractivity contribution in [2.45, 2.75) is 0 Å². The highest BCUT2D eigenvalue weighted by Crippen LogP contribution is 2.25. The van der Waals surface area contributed by atoms with Crippen molar-refractivity contribution >= 4 is 27.4 Å². The van der Waals surface area contributed by atoms with Crippen LogP contribution in [0.1, 0.15) is 0 Å². The highest BCUT2D eigenvalue weighted by Gasteiger charge is 2.26. The number of sulfonamides is 1. The molecule has 0 radical (unpaired) electrons. The van der Waals surface area contributed by atoms with Crippen LogP contribution in [0.2, 0.25) is 0 Å². The van der Waals surface area contributed by atoms with Crippen molar-refractivity contribution in [3.8, 4) is 0 Å². The number of rotatable bonds is 7. The van der Waals surface area contributed by atoms with Crippen LogP contribution in [0, 0.1) is 0 Å². The van der Waals surface area contributed by atoms with Gasteiger partial charge in [-0.25, -0.2) is 8.42 Å². The third-order valence-corrected chi connectivity index (χ3v) is 4.05. The predicted molar refractivity (Wildman–Crippen MR) is 71.5 cm³/mol. The molecule has 1 rings (SSSR count). The van der Waals surface area contributed by atoms with E-state index in [0.29, 0.717) is 0 Å². The van der Waals surface area contributed by atoms with Gasteiger partial charge in [0.25, 0.3) is 0 Å². The molecular weight excluding hydrogens is 272 g/mol. The molecule has 0 atom stereocenters. The van der Waals surface area contributed by atoms with E-state index >= 15 is 0 Å². The van der Waals surface area contributed by atoms with Gasteiger partial charge in [-0.15, -0.1) is 0 Å². The maximum absolute atomic E-state index is 12.1. The van der Waals surface area contributed by atoms with E-state index in [1.54, 1.807) is 12.1 Å². The zero-order valence-corrected chi connectivity index (χ0v) is 11.3. The third-order valence-electron chi connectivity index (χ3n) is 2.37. The molecule has 0 spiro atoms. The summed E-state index contributed by atoms with van der Waals surface area (Å²) < 4.78 is 29.7. The molecule has 106 valence electrons. The van der Waals surface area contributed by atoms with Gasteiger partial charge in [-0.1, -0.05) is 12.1 Å². The first kappa shape index (κ1) is 15.3. The SMILES string of the molecule is COCCS(=O)(=O)N(CC(=O)O)c1ccccc1N. The molecule has 3 N–H and O–H groups in total. The summed E-state index contributed by atoms with van der Waals surface area (Å²) >= 11 is 0. The minimum absolute atomic E-state index is 0.0226. The Morgan fingerprint density at radius 2 is 2.05 bits per heavy atom. The van der Waals surface area contributed by atoms with Crippen LogP contribution >= 0.6 is 0 Å². The zero-order chi connectivity index (χ0) is 14.5. The van der Waals surface area contributed by atoms with Crippen LogP contribution in [-0.2, 0) is 19.6 Å². The molecule has 0 fully saturated rings. The molecule has 0 bridgehead atoms. The van der Waals surface area contributed by atoms with E-state index in [9.17, 15) is 13.2 Å². The van der Waals surface area contributed by atoms with Gasteiger partial charge in [0.2, 0.25) is 10.0 Å². The van der Waals surface area contributed by atoms with Crippen molar-refractivity contribution in [2.75, 3.05) is 36.1 Å². The Kier molecular flexibility index (Phi) is 5.13. The van der Waals surface area contributed by atoms with Crippen LogP contribution in [0.15, 0.2) is 24.3 Å². The fourth-order valence-corrected chi connectivity index (χ4v) is 2.84. The number of benzene rings is 1. The van der Waals surface area contributed by atoms with Gasteiger partial charge in [-0.05, 0) is 12.1 Å². The summed E-state index contributed by atoms with van der Waals surface area (Å²) in [6.07, 6.45) is 0. The quantitative estimate of drug-likeness (QED) is 0.690. The summed E-state index contributed by atoms with van der Waals surface area (Å²) in [6.45, 7) is -0.703. The number of carboxylic acid groups (broad SMARTS) is 1. The van der Waals surface area contributed by atoms with Crippen molar-refractivity contribution in [3.63, 3.8) is 0 Å². The lowest BCUT2D eigenvalue weighted by Gasteiger charge is -2.23. The molecule has 1 aromatic carbocycles. The number of nitrogens with zero attached hydrogens (tertiary/aromatic N) is 1. The summed E-state index contributed by atoms with van der Waals surface area (Å²) in [5.41, 5.74) is 6.04. The summed E-state index contributed by atoms with van der Waals surface area (Å²) in [6, 6.07) is 6.20. The molecule has 0 saturated heterocycles. The highest BCUT2D eigenvalue weighted by atomic mass is 32.2. The minimum Gasteiger partial charge on any atom is -0.480 e. The lowest BCUT2D eigenvalue weighted by atomic mass is 10.3. The van der Waals surface area contributed by atoms with Crippen LogP contribution in [-0.4, -0.2) is 45.5 Å². The Hall–Kier alpha value is -1.80. The van der Waals surface area contributed by atoms with Gasteiger partial charge in [-0.2, -0.15) is 0 Å². The maximum Gasteiger partial charge on any atom is 0.324 e. The summed E-state index contributed by atoms with van der Waals surface area (Å²) in [5.74, 6) is -1.57. The monoisotopic (exact) mass is 288 g/mol. The lowest BCUT2D eigenvalue weighted by molar-refractivity contribution is -0.135. The third kappa shape index (κ3) is 4.11. The first-order valence-corrected chi connectivity index (χ1v) is 7.05. The largest absolute Gasteiger partial charge is 0.480 e. The number of carboxylic acids is 1.